The number of hydrogen-bond acceptors (Lipinski definition) is 5. The normalized spacial score (nSPS) is 12.4. The van der Waals surface area contributed by atoms with Gasteiger partial charge < -0.3 is 9.94 Å². The molecule has 5 heteroatoms. The van der Waals surface area contributed by atoms with E-state index in [1.54, 1.807) is 38.3 Å². The van der Waals surface area contributed by atoms with Crippen molar-refractivity contribution in [2.24, 2.45) is 10.1 Å². The van der Waals surface area contributed by atoms with Crippen molar-refractivity contribution < 1.29 is 14.7 Å². The molecule has 0 saturated carbocycles. The fraction of sp³-hybridized carbons (Fsp3) is 0.250. The fourth-order valence-corrected chi connectivity index (χ4v) is 1.30. The van der Waals surface area contributed by atoms with E-state index < -0.39 is 0 Å². The fourth-order valence-electron chi connectivity index (χ4n) is 1.30. The molecule has 5 nitrogen and oxygen atoms in total. The molecule has 0 unspecified atom stereocenters. The summed E-state index contributed by atoms with van der Waals surface area (Å²) in [4.78, 5) is 15.3. The van der Waals surface area contributed by atoms with Gasteiger partial charge in [0.25, 0.3) is 0 Å². The summed E-state index contributed by atoms with van der Waals surface area (Å²) in [5.74, 6) is 0.395. The van der Waals surface area contributed by atoms with Crippen molar-refractivity contribution in [3.63, 3.8) is 0 Å². The van der Waals surface area contributed by atoms with Crippen LogP contribution in [0.3, 0.4) is 0 Å². The molecule has 1 aromatic carbocycles. The summed E-state index contributed by atoms with van der Waals surface area (Å²) < 4.78 is 5.01. The van der Waals surface area contributed by atoms with Gasteiger partial charge >= 0.3 is 0 Å². The van der Waals surface area contributed by atoms with E-state index in [2.05, 4.69) is 10.1 Å². The number of aliphatic imine (C=N–C) groups is 1. The van der Waals surface area contributed by atoms with E-state index in [-0.39, 0.29) is 11.5 Å². The number of ketones is 1. The van der Waals surface area contributed by atoms with E-state index >= 15 is 0 Å². The van der Waals surface area contributed by atoms with Crippen LogP contribution in [0.2, 0.25) is 0 Å². The molecule has 0 bridgehead atoms. The zero-order valence-corrected chi connectivity index (χ0v) is 9.97. The van der Waals surface area contributed by atoms with Crippen molar-refractivity contribution >= 4 is 22.9 Å². The standard InChI is InChI=1S/C12H14N2O3/c1-8(12(14-16)9(2)15)13-10-4-6-11(17-3)7-5-10/h4-7,16H,1-3H3/b13-8?,14-12+. The van der Waals surface area contributed by atoms with E-state index in [0.717, 1.165) is 5.75 Å². The Labute approximate surface area is 99.4 Å². The Morgan fingerprint density at radius 1 is 1.24 bits per heavy atom. The molecule has 0 aromatic heterocycles. The van der Waals surface area contributed by atoms with Gasteiger partial charge in [-0.05, 0) is 31.2 Å². The number of ether oxygens (including phenoxy) is 1. The number of oxime groups is 1. The molecule has 0 heterocycles. The van der Waals surface area contributed by atoms with Crippen molar-refractivity contribution in [3.05, 3.63) is 24.3 Å². The topological polar surface area (TPSA) is 71.2 Å². The third kappa shape index (κ3) is 3.41. The first kappa shape index (κ1) is 12.9. The Kier molecular flexibility index (Phi) is 4.39. The van der Waals surface area contributed by atoms with Crippen molar-refractivity contribution in [3.8, 4) is 5.75 Å². The second-order valence-corrected chi connectivity index (χ2v) is 3.40. The van der Waals surface area contributed by atoms with Gasteiger partial charge in [0, 0.05) is 6.92 Å². The smallest absolute Gasteiger partial charge is 0.183 e. The molecule has 0 amide bonds. The Morgan fingerprint density at radius 3 is 2.24 bits per heavy atom. The monoisotopic (exact) mass is 234 g/mol. The van der Waals surface area contributed by atoms with Gasteiger partial charge in [0.15, 0.2) is 11.5 Å². The molecular weight excluding hydrogens is 220 g/mol. The summed E-state index contributed by atoms with van der Waals surface area (Å²) in [6.45, 7) is 2.93. The number of carbonyl (C=O) groups is 1. The maximum absolute atomic E-state index is 11.1. The van der Waals surface area contributed by atoms with E-state index in [1.807, 2.05) is 0 Å². The minimum Gasteiger partial charge on any atom is -0.497 e. The van der Waals surface area contributed by atoms with Gasteiger partial charge in [0.1, 0.15) is 5.75 Å². The Bertz CT molecular complexity index is 461. The Hall–Kier alpha value is -2.17. The van der Waals surface area contributed by atoms with Crippen LogP contribution >= 0.6 is 0 Å². The number of methoxy groups -OCH3 is 1. The van der Waals surface area contributed by atoms with Crippen LogP contribution < -0.4 is 4.74 Å². The summed E-state index contributed by atoms with van der Waals surface area (Å²) in [5, 5.41) is 11.6. The highest BCUT2D eigenvalue weighted by molar-refractivity contribution is 6.66. The highest BCUT2D eigenvalue weighted by atomic mass is 16.5. The number of benzene rings is 1. The molecule has 17 heavy (non-hydrogen) atoms. The van der Waals surface area contributed by atoms with Gasteiger partial charge in [-0.2, -0.15) is 0 Å². The van der Waals surface area contributed by atoms with Crippen LogP contribution in [0.25, 0.3) is 0 Å². The first-order valence-electron chi connectivity index (χ1n) is 5.01. The van der Waals surface area contributed by atoms with E-state index in [4.69, 9.17) is 9.94 Å². The molecule has 1 N–H and O–H groups in total. The molecule has 0 aliphatic rings. The predicted molar refractivity (Wildman–Crippen MR) is 65.7 cm³/mol. The first-order valence-corrected chi connectivity index (χ1v) is 5.01. The lowest BCUT2D eigenvalue weighted by Crippen LogP contribution is -2.19. The van der Waals surface area contributed by atoms with Crippen molar-refractivity contribution in [1.82, 2.24) is 0 Å². The quantitative estimate of drug-likeness (QED) is 0.493. The van der Waals surface area contributed by atoms with E-state index in [9.17, 15) is 4.79 Å². The molecule has 0 aliphatic heterocycles. The summed E-state index contributed by atoms with van der Waals surface area (Å²) >= 11 is 0. The van der Waals surface area contributed by atoms with Crippen molar-refractivity contribution in [2.75, 3.05) is 7.11 Å². The van der Waals surface area contributed by atoms with Gasteiger partial charge in [-0.3, -0.25) is 9.79 Å². The molecular formula is C12H14N2O3. The minimum atomic E-state index is -0.331. The largest absolute Gasteiger partial charge is 0.497 e. The third-order valence-corrected chi connectivity index (χ3v) is 2.15. The highest BCUT2D eigenvalue weighted by Crippen LogP contribution is 2.17. The summed E-state index contributed by atoms with van der Waals surface area (Å²) in [5.41, 5.74) is 0.983. The number of rotatable bonds is 4. The van der Waals surface area contributed by atoms with Crippen LogP contribution in [0.1, 0.15) is 13.8 Å². The molecule has 0 saturated heterocycles. The lowest BCUT2D eigenvalue weighted by Gasteiger charge is -2.02. The maximum Gasteiger partial charge on any atom is 0.183 e. The number of hydrogen-bond donors (Lipinski definition) is 1. The third-order valence-electron chi connectivity index (χ3n) is 2.15. The van der Waals surface area contributed by atoms with Gasteiger partial charge in [0.05, 0.1) is 18.5 Å². The lowest BCUT2D eigenvalue weighted by molar-refractivity contribution is -0.111. The minimum absolute atomic E-state index is 0.0409. The zero-order chi connectivity index (χ0) is 12.8. The number of carbonyl (C=O) groups excluding carboxylic acids is 1. The van der Waals surface area contributed by atoms with Crippen LogP contribution in [0.4, 0.5) is 5.69 Å². The number of nitrogens with zero attached hydrogens (tertiary/aromatic N) is 2. The second-order valence-electron chi connectivity index (χ2n) is 3.40. The molecule has 0 radical (unpaired) electrons. The highest BCUT2D eigenvalue weighted by Gasteiger charge is 2.10. The number of Topliss-reactive ketones (excluding diaryl/α,β-unsaturated/α-hetero) is 1. The second kappa shape index (κ2) is 5.79. The van der Waals surface area contributed by atoms with Crippen molar-refractivity contribution in [1.29, 1.82) is 0 Å². The Morgan fingerprint density at radius 2 is 1.82 bits per heavy atom. The summed E-state index contributed by atoms with van der Waals surface area (Å²) in [6, 6.07) is 7.01. The van der Waals surface area contributed by atoms with Crippen LogP contribution in [0, 0.1) is 0 Å². The lowest BCUT2D eigenvalue weighted by atomic mass is 10.2. The van der Waals surface area contributed by atoms with Crippen molar-refractivity contribution in [2.45, 2.75) is 13.8 Å². The average molecular weight is 234 g/mol. The van der Waals surface area contributed by atoms with Crippen LogP contribution in [-0.2, 0) is 4.79 Å². The average Bonchev–Trinajstić information content (AvgIpc) is 2.30. The van der Waals surface area contributed by atoms with E-state index in [0.29, 0.717) is 11.4 Å². The molecule has 1 aromatic rings. The van der Waals surface area contributed by atoms with Crippen LogP contribution in [0.5, 0.6) is 5.75 Å². The predicted octanol–water partition coefficient (Wildman–Crippen LogP) is 2.21. The first-order chi connectivity index (χ1) is 8.08. The van der Waals surface area contributed by atoms with Gasteiger partial charge in [0.2, 0.25) is 0 Å². The van der Waals surface area contributed by atoms with E-state index in [1.165, 1.54) is 6.92 Å². The zero-order valence-electron chi connectivity index (χ0n) is 9.97. The molecule has 0 fully saturated rings. The molecule has 0 atom stereocenters. The molecule has 0 aliphatic carbocycles. The molecule has 90 valence electrons. The van der Waals surface area contributed by atoms with Gasteiger partial charge in [-0.25, -0.2) is 0 Å². The van der Waals surface area contributed by atoms with Gasteiger partial charge in [-0.1, -0.05) is 5.16 Å². The Balaban J connectivity index is 2.97. The van der Waals surface area contributed by atoms with Crippen LogP contribution in [0.15, 0.2) is 34.4 Å². The molecule has 1 rings (SSSR count). The van der Waals surface area contributed by atoms with Crippen LogP contribution in [-0.4, -0.2) is 29.5 Å². The SMILES string of the molecule is COc1ccc(N=C(C)/C(=N\O)C(C)=O)cc1. The summed E-state index contributed by atoms with van der Waals surface area (Å²) in [6.07, 6.45) is 0. The van der Waals surface area contributed by atoms with Gasteiger partial charge in [-0.15, -0.1) is 0 Å². The molecule has 0 spiro atoms. The summed E-state index contributed by atoms with van der Waals surface area (Å²) in [7, 11) is 1.58. The maximum atomic E-state index is 11.1.